The summed E-state index contributed by atoms with van der Waals surface area (Å²) in [5.74, 6) is 0. The van der Waals surface area contributed by atoms with E-state index in [9.17, 15) is 0 Å². The van der Waals surface area contributed by atoms with E-state index in [4.69, 9.17) is 11.5 Å². The van der Waals surface area contributed by atoms with Crippen molar-refractivity contribution in [1.82, 2.24) is 0 Å². The quantitative estimate of drug-likeness (QED) is 0.795. The number of hydrogen-bond donors (Lipinski definition) is 2. The zero-order chi connectivity index (χ0) is 12.9. The number of rotatable bonds is 6. The molecule has 2 heteroatoms. The van der Waals surface area contributed by atoms with Gasteiger partial charge in [-0.3, -0.25) is 0 Å². The van der Waals surface area contributed by atoms with Crippen molar-refractivity contribution in [2.45, 2.75) is 46.1 Å². The topological polar surface area (TPSA) is 52.0 Å². The second-order valence-electron chi connectivity index (χ2n) is 5.50. The van der Waals surface area contributed by atoms with Gasteiger partial charge in [-0.05, 0) is 35.9 Å². The lowest BCUT2D eigenvalue weighted by atomic mass is 9.78. The molecular weight excluding hydrogens is 208 g/mol. The van der Waals surface area contributed by atoms with Gasteiger partial charge in [0.2, 0.25) is 0 Å². The first-order valence-electron chi connectivity index (χ1n) is 6.55. The Morgan fingerprint density at radius 2 is 1.76 bits per heavy atom. The van der Waals surface area contributed by atoms with E-state index in [-0.39, 0.29) is 11.5 Å². The minimum absolute atomic E-state index is 0.0566. The molecule has 0 fully saturated rings. The van der Waals surface area contributed by atoms with Crippen LogP contribution in [-0.2, 0) is 6.42 Å². The van der Waals surface area contributed by atoms with Gasteiger partial charge in [0.05, 0.1) is 0 Å². The first-order chi connectivity index (χ1) is 8.01. The molecular formula is C15H26N2. The molecule has 0 amide bonds. The first-order valence-corrected chi connectivity index (χ1v) is 6.55. The average molecular weight is 234 g/mol. The minimum atomic E-state index is 0.0566. The van der Waals surface area contributed by atoms with Gasteiger partial charge in [-0.1, -0.05) is 51.5 Å². The van der Waals surface area contributed by atoms with Crippen LogP contribution in [0.2, 0.25) is 0 Å². The average Bonchev–Trinajstić information content (AvgIpc) is 2.29. The highest BCUT2D eigenvalue weighted by Gasteiger charge is 2.26. The van der Waals surface area contributed by atoms with Crippen LogP contribution < -0.4 is 11.5 Å². The van der Waals surface area contributed by atoms with Gasteiger partial charge >= 0.3 is 0 Å². The summed E-state index contributed by atoms with van der Waals surface area (Å²) in [4.78, 5) is 0. The largest absolute Gasteiger partial charge is 0.330 e. The van der Waals surface area contributed by atoms with E-state index >= 15 is 0 Å². The highest BCUT2D eigenvalue weighted by molar-refractivity contribution is 5.26. The molecule has 0 bridgehead atoms. The SMILES string of the molecule is CCCc1ccc(C(N)C(C)(C)CCN)cc1. The molecule has 0 saturated heterocycles. The molecule has 0 spiro atoms. The lowest BCUT2D eigenvalue weighted by molar-refractivity contribution is 0.271. The molecule has 1 unspecified atom stereocenters. The van der Waals surface area contributed by atoms with Gasteiger partial charge in [-0.25, -0.2) is 0 Å². The van der Waals surface area contributed by atoms with Crippen LogP contribution in [0, 0.1) is 5.41 Å². The van der Waals surface area contributed by atoms with E-state index < -0.39 is 0 Å². The second-order valence-corrected chi connectivity index (χ2v) is 5.50. The second kappa shape index (κ2) is 6.18. The summed E-state index contributed by atoms with van der Waals surface area (Å²) < 4.78 is 0. The van der Waals surface area contributed by atoms with Crippen molar-refractivity contribution in [1.29, 1.82) is 0 Å². The van der Waals surface area contributed by atoms with E-state index in [1.54, 1.807) is 0 Å². The van der Waals surface area contributed by atoms with Gasteiger partial charge in [0.25, 0.3) is 0 Å². The van der Waals surface area contributed by atoms with Crippen molar-refractivity contribution in [2.24, 2.45) is 16.9 Å². The van der Waals surface area contributed by atoms with Crippen LogP contribution in [0.25, 0.3) is 0 Å². The van der Waals surface area contributed by atoms with E-state index in [1.807, 2.05) is 0 Å². The van der Waals surface area contributed by atoms with E-state index in [0.717, 1.165) is 12.8 Å². The number of hydrogen-bond acceptors (Lipinski definition) is 2. The monoisotopic (exact) mass is 234 g/mol. The Balaban J connectivity index is 2.78. The summed E-state index contributed by atoms with van der Waals surface area (Å²) in [5.41, 5.74) is 14.6. The molecule has 1 aromatic carbocycles. The number of nitrogens with two attached hydrogens (primary N) is 2. The Kier molecular flexibility index (Phi) is 5.16. The molecule has 0 aliphatic rings. The Morgan fingerprint density at radius 1 is 1.18 bits per heavy atom. The number of aryl methyl sites for hydroxylation is 1. The molecule has 0 aliphatic carbocycles. The van der Waals surface area contributed by atoms with Gasteiger partial charge in [-0.2, -0.15) is 0 Å². The standard InChI is InChI=1S/C15H26N2/c1-4-5-12-6-8-13(9-7-12)14(17)15(2,3)10-11-16/h6-9,14H,4-5,10-11,16-17H2,1-3H3. The predicted octanol–water partition coefficient (Wildman–Crippen LogP) is 3.01. The normalized spacial score (nSPS) is 13.7. The number of benzene rings is 1. The summed E-state index contributed by atoms with van der Waals surface area (Å²) >= 11 is 0. The first kappa shape index (κ1) is 14.2. The van der Waals surface area contributed by atoms with Crippen molar-refractivity contribution in [3.63, 3.8) is 0 Å². The molecule has 0 heterocycles. The summed E-state index contributed by atoms with van der Waals surface area (Å²) in [5, 5.41) is 0. The molecule has 2 nitrogen and oxygen atoms in total. The van der Waals surface area contributed by atoms with Crippen molar-refractivity contribution < 1.29 is 0 Å². The van der Waals surface area contributed by atoms with Gasteiger partial charge < -0.3 is 11.5 Å². The maximum Gasteiger partial charge on any atom is 0.0347 e. The summed E-state index contributed by atoms with van der Waals surface area (Å²) in [6, 6.07) is 8.76. The van der Waals surface area contributed by atoms with Crippen molar-refractivity contribution in [2.75, 3.05) is 6.54 Å². The lowest BCUT2D eigenvalue weighted by Gasteiger charge is -2.31. The Hall–Kier alpha value is -0.860. The van der Waals surface area contributed by atoms with Gasteiger partial charge in [0, 0.05) is 6.04 Å². The Labute approximate surface area is 105 Å². The third-order valence-corrected chi connectivity index (χ3v) is 3.51. The van der Waals surface area contributed by atoms with Gasteiger partial charge in [0.1, 0.15) is 0 Å². The summed E-state index contributed by atoms with van der Waals surface area (Å²) in [6.07, 6.45) is 3.27. The third-order valence-electron chi connectivity index (χ3n) is 3.51. The molecule has 1 aromatic rings. The molecule has 0 radical (unpaired) electrons. The molecule has 4 N–H and O–H groups in total. The van der Waals surface area contributed by atoms with Crippen LogP contribution in [0.4, 0.5) is 0 Å². The predicted molar refractivity (Wildman–Crippen MR) is 74.8 cm³/mol. The highest BCUT2D eigenvalue weighted by atomic mass is 14.7. The van der Waals surface area contributed by atoms with Crippen LogP contribution in [0.15, 0.2) is 24.3 Å². The Morgan fingerprint density at radius 3 is 2.24 bits per heavy atom. The van der Waals surface area contributed by atoms with E-state index in [0.29, 0.717) is 6.54 Å². The molecule has 1 atom stereocenters. The van der Waals surface area contributed by atoms with Gasteiger partial charge in [0.15, 0.2) is 0 Å². The van der Waals surface area contributed by atoms with Crippen LogP contribution in [-0.4, -0.2) is 6.54 Å². The van der Waals surface area contributed by atoms with E-state index in [2.05, 4.69) is 45.0 Å². The fourth-order valence-corrected chi connectivity index (χ4v) is 2.16. The van der Waals surface area contributed by atoms with Crippen molar-refractivity contribution >= 4 is 0 Å². The molecule has 1 rings (SSSR count). The highest BCUT2D eigenvalue weighted by Crippen LogP contribution is 2.34. The molecule has 96 valence electrons. The van der Waals surface area contributed by atoms with Crippen LogP contribution >= 0.6 is 0 Å². The molecule has 17 heavy (non-hydrogen) atoms. The third kappa shape index (κ3) is 3.83. The fourth-order valence-electron chi connectivity index (χ4n) is 2.16. The Bertz CT molecular complexity index is 327. The summed E-state index contributed by atoms with van der Waals surface area (Å²) in [7, 11) is 0. The smallest absolute Gasteiger partial charge is 0.0347 e. The maximum atomic E-state index is 6.33. The fraction of sp³-hybridized carbons (Fsp3) is 0.600. The molecule has 0 aliphatic heterocycles. The minimum Gasteiger partial charge on any atom is -0.330 e. The van der Waals surface area contributed by atoms with Gasteiger partial charge in [-0.15, -0.1) is 0 Å². The van der Waals surface area contributed by atoms with Crippen LogP contribution in [0.1, 0.15) is 50.8 Å². The van der Waals surface area contributed by atoms with Crippen molar-refractivity contribution in [3.05, 3.63) is 35.4 Å². The lowest BCUT2D eigenvalue weighted by Crippen LogP contribution is -2.31. The van der Waals surface area contributed by atoms with Crippen LogP contribution in [0.3, 0.4) is 0 Å². The zero-order valence-corrected chi connectivity index (χ0v) is 11.4. The van der Waals surface area contributed by atoms with Crippen LogP contribution in [0.5, 0.6) is 0 Å². The maximum absolute atomic E-state index is 6.33. The van der Waals surface area contributed by atoms with Crippen molar-refractivity contribution in [3.8, 4) is 0 Å². The molecule has 0 saturated carbocycles. The molecule has 0 aromatic heterocycles. The zero-order valence-electron chi connectivity index (χ0n) is 11.4. The summed E-state index contributed by atoms with van der Waals surface area (Å²) in [6.45, 7) is 7.26. The van der Waals surface area contributed by atoms with E-state index in [1.165, 1.54) is 17.5 Å².